The smallest absolute Gasteiger partial charge is 0.323 e. The van der Waals surface area contributed by atoms with E-state index in [0.717, 1.165) is 18.4 Å². The molecule has 2 atom stereocenters. The average molecular weight is 310 g/mol. The summed E-state index contributed by atoms with van der Waals surface area (Å²) in [5.41, 5.74) is 4.76. The first kappa shape index (κ1) is 14.5. The molecule has 0 unspecified atom stereocenters. The zero-order chi connectivity index (χ0) is 16.2. The van der Waals surface area contributed by atoms with E-state index in [9.17, 15) is 4.79 Å². The number of para-hydroxylation sites is 1. The van der Waals surface area contributed by atoms with Gasteiger partial charge in [0.05, 0.1) is 13.2 Å². The Morgan fingerprint density at radius 2 is 2.04 bits per heavy atom. The summed E-state index contributed by atoms with van der Waals surface area (Å²) in [5, 5.41) is 4.76. The Balaban J connectivity index is 1.96. The van der Waals surface area contributed by atoms with Gasteiger partial charge in [0, 0.05) is 22.0 Å². The number of benzene rings is 1. The minimum Gasteiger partial charge on any atom is -0.468 e. The third kappa shape index (κ3) is 2.05. The van der Waals surface area contributed by atoms with Gasteiger partial charge in [-0.05, 0) is 38.3 Å². The molecule has 4 heteroatoms. The predicted octanol–water partition coefficient (Wildman–Crippen LogP) is 3.35. The number of allylic oxidation sites excluding steroid dienone is 1. The highest BCUT2D eigenvalue weighted by molar-refractivity contribution is 5.90. The first-order valence-electron chi connectivity index (χ1n) is 8.17. The van der Waals surface area contributed by atoms with Crippen LogP contribution < -0.4 is 5.32 Å². The zero-order valence-corrected chi connectivity index (χ0v) is 13.8. The lowest BCUT2D eigenvalue weighted by Crippen LogP contribution is -2.51. The molecule has 1 saturated carbocycles. The summed E-state index contributed by atoms with van der Waals surface area (Å²) in [4.78, 5) is 16.0. The van der Waals surface area contributed by atoms with Crippen molar-refractivity contribution in [2.75, 3.05) is 7.11 Å². The zero-order valence-electron chi connectivity index (χ0n) is 13.8. The molecule has 2 aliphatic rings. The molecular formula is C19H22N2O2. The minimum absolute atomic E-state index is 0.0118. The third-order valence-electron chi connectivity index (χ3n) is 5.17. The van der Waals surface area contributed by atoms with Crippen molar-refractivity contribution in [3.63, 3.8) is 0 Å². The molecule has 23 heavy (non-hydrogen) atoms. The van der Waals surface area contributed by atoms with E-state index in [4.69, 9.17) is 4.74 Å². The highest BCUT2D eigenvalue weighted by Gasteiger charge is 2.59. The van der Waals surface area contributed by atoms with Crippen molar-refractivity contribution in [2.45, 2.75) is 44.2 Å². The minimum atomic E-state index is -0.278. The van der Waals surface area contributed by atoms with E-state index in [2.05, 4.69) is 48.4 Å². The van der Waals surface area contributed by atoms with E-state index in [0.29, 0.717) is 0 Å². The van der Waals surface area contributed by atoms with Gasteiger partial charge in [0.15, 0.2) is 0 Å². The van der Waals surface area contributed by atoms with Crippen LogP contribution in [0.15, 0.2) is 35.9 Å². The fourth-order valence-electron chi connectivity index (χ4n) is 4.05. The number of H-pyrrole nitrogens is 1. The molecule has 4 nitrogen and oxygen atoms in total. The maximum Gasteiger partial charge on any atom is 0.323 e. The molecule has 120 valence electrons. The summed E-state index contributed by atoms with van der Waals surface area (Å²) >= 11 is 0. The van der Waals surface area contributed by atoms with Gasteiger partial charge in [-0.2, -0.15) is 0 Å². The van der Waals surface area contributed by atoms with Crippen molar-refractivity contribution in [3.8, 4) is 0 Å². The second kappa shape index (κ2) is 4.96. The topological polar surface area (TPSA) is 54.1 Å². The lowest BCUT2D eigenvalue weighted by molar-refractivity contribution is -0.144. The van der Waals surface area contributed by atoms with Gasteiger partial charge < -0.3 is 9.72 Å². The van der Waals surface area contributed by atoms with Crippen LogP contribution in [0.25, 0.3) is 10.9 Å². The Morgan fingerprint density at radius 3 is 2.70 bits per heavy atom. The van der Waals surface area contributed by atoms with Gasteiger partial charge >= 0.3 is 5.97 Å². The molecule has 0 saturated heterocycles. The van der Waals surface area contributed by atoms with Gasteiger partial charge in [-0.1, -0.05) is 29.8 Å². The number of hydrogen-bond acceptors (Lipinski definition) is 3. The Bertz CT molecular complexity index is 810. The Hall–Kier alpha value is -2.07. The molecular weight excluding hydrogens is 288 g/mol. The fraction of sp³-hybridized carbons (Fsp3) is 0.421. The van der Waals surface area contributed by atoms with Gasteiger partial charge in [-0.3, -0.25) is 10.1 Å². The van der Waals surface area contributed by atoms with Crippen molar-refractivity contribution in [3.05, 3.63) is 47.2 Å². The quantitative estimate of drug-likeness (QED) is 0.660. The van der Waals surface area contributed by atoms with Crippen LogP contribution in [0.5, 0.6) is 0 Å². The first-order valence-corrected chi connectivity index (χ1v) is 8.17. The van der Waals surface area contributed by atoms with Crippen LogP contribution in [0.1, 0.15) is 44.0 Å². The normalized spacial score (nSPS) is 24.3. The molecule has 0 radical (unpaired) electrons. The fourth-order valence-corrected chi connectivity index (χ4v) is 4.05. The van der Waals surface area contributed by atoms with Crippen molar-refractivity contribution < 1.29 is 9.53 Å². The Morgan fingerprint density at radius 1 is 1.30 bits per heavy atom. The lowest BCUT2D eigenvalue weighted by Gasteiger charge is -2.36. The van der Waals surface area contributed by atoms with Gasteiger partial charge in [0.1, 0.15) is 6.04 Å². The molecule has 2 N–H and O–H groups in total. The number of ether oxygens (including phenoxy) is 1. The van der Waals surface area contributed by atoms with Crippen LogP contribution in [0.4, 0.5) is 0 Å². The number of carbonyl (C=O) groups excluding carboxylic acids is 1. The number of nitrogens with one attached hydrogen (secondary N) is 2. The van der Waals surface area contributed by atoms with Gasteiger partial charge in [0.25, 0.3) is 0 Å². The highest BCUT2D eigenvalue weighted by atomic mass is 16.5. The predicted molar refractivity (Wildman–Crippen MR) is 90.3 cm³/mol. The number of methoxy groups -OCH3 is 1. The van der Waals surface area contributed by atoms with Gasteiger partial charge in [-0.15, -0.1) is 0 Å². The van der Waals surface area contributed by atoms with Crippen molar-refractivity contribution in [1.29, 1.82) is 0 Å². The molecule has 1 aliphatic heterocycles. The Kier molecular flexibility index (Phi) is 3.13. The van der Waals surface area contributed by atoms with Crippen LogP contribution >= 0.6 is 0 Å². The first-order chi connectivity index (χ1) is 11.1. The van der Waals surface area contributed by atoms with E-state index in [1.165, 1.54) is 29.3 Å². The molecule has 2 aromatic rings. The number of aromatic nitrogens is 1. The van der Waals surface area contributed by atoms with E-state index in [1.54, 1.807) is 0 Å². The maximum absolute atomic E-state index is 12.4. The summed E-state index contributed by atoms with van der Waals surface area (Å²) in [5.74, 6) is -0.161. The molecule has 2 heterocycles. The van der Waals surface area contributed by atoms with E-state index in [1.807, 2.05) is 6.07 Å². The number of hydrogen-bond donors (Lipinski definition) is 2. The van der Waals surface area contributed by atoms with Crippen LogP contribution in [-0.2, 0) is 14.9 Å². The number of aromatic amines is 1. The summed E-state index contributed by atoms with van der Waals surface area (Å²) in [6.45, 7) is 4.16. The monoisotopic (exact) mass is 310 g/mol. The summed E-state index contributed by atoms with van der Waals surface area (Å²) in [6, 6.07) is 8.11. The average Bonchev–Trinajstić information content (AvgIpc) is 3.20. The molecule has 1 spiro atoms. The standard InChI is InChI=1S/C19H22N2O2/c1-11(2)10-14-16-15(12-6-4-5-7-13(12)20-16)19(8-9-19)17(21-14)18(22)23-3/h4-7,10,14,17,20-21H,8-9H2,1-3H3/t14-,17-/m0/s1. The van der Waals surface area contributed by atoms with Crippen LogP contribution in [0, 0.1) is 0 Å². The number of esters is 1. The molecule has 4 rings (SSSR count). The van der Waals surface area contributed by atoms with Crippen molar-refractivity contribution >= 4 is 16.9 Å². The number of rotatable bonds is 2. The number of fused-ring (bicyclic) bond motifs is 4. The Labute approximate surface area is 135 Å². The molecule has 1 fully saturated rings. The molecule has 1 aromatic carbocycles. The van der Waals surface area contributed by atoms with Crippen LogP contribution in [0.3, 0.4) is 0 Å². The largest absolute Gasteiger partial charge is 0.468 e. The van der Waals surface area contributed by atoms with Crippen LogP contribution in [-0.4, -0.2) is 24.1 Å². The summed E-state index contributed by atoms with van der Waals surface area (Å²) in [6.07, 6.45) is 4.23. The van der Waals surface area contributed by atoms with Gasteiger partial charge in [0.2, 0.25) is 0 Å². The lowest BCUT2D eigenvalue weighted by atomic mass is 9.80. The van der Waals surface area contributed by atoms with E-state index < -0.39 is 0 Å². The summed E-state index contributed by atoms with van der Waals surface area (Å²) < 4.78 is 5.09. The second-order valence-corrected chi connectivity index (χ2v) is 6.96. The maximum atomic E-state index is 12.4. The SMILES string of the molecule is COC(=O)[C@@H]1N[C@@H](C=C(C)C)c2[nH]c3ccccc3c2C12CC2. The molecule has 1 aliphatic carbocycles. The van der Waals surface area contributed by atoms with Gasteiger partial charge in [-0.25, -0.2) is 0 Å². The van der Waals surface area contributed by atoms with Crippen molar-refractivity contribution in [2.24, 2.45) is 0 Å². The summed E-state index contributed by atoms with van der Waals surface area (Å²) in [7, 11) is 1.47. The molecule has 0 amide bonds. The van der Waals surface area contributed by atoms with E-state index >= 15 is 0 Å². The third-order valence-corrected chi connectivity index (χ3v) is 5.17. The molecule has 1 aromatic heterocycles. The van der Waals surface area contributed by atoms with Crippen molar-refractivity contribution in [1.82, 2.24) is 10.3 Å². The van der Waals surface area contributed by atoms with Crippen LogP contribution in [0.2, 0.25) is 0 Å². The second-order valence-electron chi connectivity index (χ2n) is 6.96. The number of carbonyl (C=O) groups is 1. The highest BCUT2D eigenvalue weighted by Crippen LogP contribution is 2.57. The molecule has 0 bridgehead atoms. The van der Waals surface area contributed by atoms with E-state index in [-0.39, 0.29) is 23.5 Å².